The number of hydrogen-bond acceptors (Lipinski definition) is 2. The zero-order valence-corrected chi connectivity index (χ0v) is 11.2. The van der Waals surface area contributed by atoms with Crippen molar-refractivity contribution in [1.82, 2.24) is 0 Å². The zero-order chi connectivity index (χ0) is 13.0. The smallest absolute Gasteiger partial charge is 0.140 e. The van der Waals surface area contributed by atoms with Gasteiger partial charge in [0.1, 0.15) is 5.78 Å². The standard InChI is InChI=1S/C16H23NO/c1-2-12-3-5-13(6-4-12)11-16(18)14-7-9-15(17)10-8-14/h3-6,14-15H,2,7-11,17H2,1H3. The SMILES string of the molecule is CCc1ccc(CC(=O)C2CCC(N)CC2)cc1. The molecule has 2 N–H and O–H groups in total. The molecular weight excluding hydrogens is 222 g/mol. The van der Waals surface area contributed by atoms with E-state index < -0.39 is 0 Å². The summed E-state index contributed by atoms with van der Waals surface area (Å²) in [4.78, 5) is 12.2. The topological polar surface area (TPSA) is 43.1 Å². The highest BCUT2D eigenvalue weighted by Crippen LogP contribution is 2.25. The third-order valence-corrected chi connectivity index (χ3v) is 4.04. The van der Waals surface area contributed by atoms with Gasteiger partial charge in [0.25, 0.3) is 0 Å². The molecule has 0 unspecified atom stereocenters. The average Bonchev–Trinajstić information content (AvgIpc) is 2.40. The molecule has 1 aliphatic carbocycles. The lowest BCUT2D eigenvalue weighted by Crippen LogP contribution is -2.30. The third-order valence-electron chi connectivity index (χ3n) is 4.04. The Kier molecular flexibility index (Phi) is 4.54. The number of nitrogens with two attached hydrogens (primary N) is 1. The number of ketones is 1. The minimum Gasteiger partial charge on any atom is -0.328 e. The van der Waals surface area contributed by atoms with Gasteiger partial charge in [0.15, 0.2) is 0 Å². The van der Waals surface area contributed by atoms with Gasteiger partial charge < -0.3 is 5.73 Å². The van der Waals surface area contributed by atoms with Crippen LogP contribution in [0.25, 0.3) is 0 Å². The summed E-state index contributed by atoms with van der Waals surface area (Å²) in [5.41, 5.74) is 8.34. The fraction of sp³-hybridized carbons (Fsp3) is 0.562. The molecule has 0 atom stereocenters. The summed E-state index contributed by atoms with van der Waals surface area (Å²) in [5, 5.41) is 0. The summed E-state index contributed by atoms with van der Waals surface area (Å²) in [6.07, 6.45) is 5.61. The van der Waals surface area contributed by atoms with Crippen molar-refractivity contribution in [2.24, 2.45) is 11.7 Å². The van der Waals surface area contributed by atoms with Crippen LogP contribution in [0.5, 0.6) is 0 Å². The molecule has 0 aromatic heterocycles. The van der Waals surface area contributed by atoms with E-state index in [1.54, 1.807) is 0 Å². The normalized spacial score (nSPS) is 23.9. The number of carbonyl (C=O) groups is 1. The maximum Gasteiger partial charge on any atom is 0.140 e. The Balaban J connectivity index is 1.90. The molecule has 2 nitrogen and oxygen atoms in total. The van der Waals surface area contributed by atoms with Crippen LogP contribution in [0.2, 0.25) is 0 Å². The largest absolute Gasteiger partial charge is 0.328 e. The molecule has 0 bridgehead atoms. The summed E-state index contributed by atoms with van der Waals surface area (Å²) >= 11 is 0. The second kappa shape index (κ2) is 6.14. The predicted octanol–water partition coefficient (Wildman–Crippen LogP) is 2.88. The van der Waals surface area contributed by atoms with E-state index in [1.165, 1.54) is 5.56 Å². The lowest BCUT2D eigenvalue weighted by molar-refractivity contribution is -0.123. The van der Waals surface area contributed by atoms with E-state index in [4.69, 9.17) is 5.73 Å². The van der Waals surface area contributed by atoms with E-state index in [9.17, 15) is 4.79 Å². The Bertz CT molecular complexity index is 388. The Labute approximate surface area is 110 Å². The molecule has 1 aromatic carbocycles. The number of rotatable bonds is 4. The number of benzene rings is 1. The number of hydrogen-bond donors (Lipinski definition) is 1. The van der Waals surface area contributed by atoms with E-state index in [1.807, 2.05) is 0 Å². The first-order valence-corrected chi connectivity index (χ1v) is 7.05. The molecule has 0 radical (unpaired) electrons. The van der Waals surface area contributed by atoms with Gasteiger partial charge >= 0.3 is 0 Å². The molecule has 0 aliphatic heterocycles. The molecular formula is C16H23NO. The molecule has 2 rings (SSSR count). The fourth-order valence-electron chi connectivity index (χ4n) is 2.68. The summed E-state index contributed by atoms with van der Waals surface area (Å²) in [6.45, 7) is 2.14. The van der Waals surface area contributed by atoms with Crippen molar-refractivity contribution in [2.75, 3.05) is 0 Å². The first-order valence-electron chi connectivity index (χ1n) is 7.05. The summed E-state index contributed by atoms with van der Waals surface area (Å²) in [5.74, 6) is 0.641. The summed E-state index contributed by atoms with van der Waals surface area (Å²) < 4.78 is 0. The quantitative estimate of drug-likeness (QED) is 0.886. The van der Waals surface area contributed by atoms with Gasteiger partial charge in [-0.05, 0) is 43.2 Å². The Morgan fingerprint density at radius 1 is 1.11 bits per heavy atom. The van der Waals surface area contributed by atoms with Crippen molar-refractivity contribution in [3.05, 3.63) is 35.4 Å². The van der Waals surface area contributed by atoms with E-state index in [-0.39, 0.29) is 5.92 Å². The summed E-state index contributed by atoms with van der Waals surface area (Å²) in [6, 6.07) is 8.74. The fourth-order valence-corrected chi connectivity index (χ4v) is 2.68. The minimum atomic E-state index is 0.246. The van der Waals surface area contributed by atoms with Gasteiger partial charge in [-0.25, -0.2) is 0 Å². The van der Waals surface area contributed by atoms with Crippen LogP contribution < -0.4 is 5.73 Å². The van der Waals surface area contributed by atoms with Crippen molar-refractivity contribution in [1.29, 1.82) is 0 Å². The maximum atomic E-state index is 12.2. The molecule has 0 amide bonds. The van der Waals surface area contributed by atoms with E-state index in [0.29, 0.717) is 18.2 Å². The predicted molar refractivity (Wildman–Crippen MR) is 74.5 cm³/mol. The monoisotopic (exact) mass is 245 g/mol. The van der Waals surface area contributed by atoms with Crippen LogP contribution in [0.1, 0.15) is 43.7 Å². The van der Waals surface area contributed by atoms with Gasteiger partial charge in [-0.2, -0.15) is 0 Å². The van der Waals surface area contributed by atoms with Gasteiger partial charge in [-0.3, -0.25) is 4.79 Å². The number of Topliss-reactive ketones (excluding diaryl/α,β-unsaturated/α-hetero) is 1. The molecule has 2 heteroatoms. The minimum absolute atomic E-state index is 0.246. The molecule has 1 saturated carbocycles. The Hall–Kier alpha value is -1.15. The van der Waals surface area contributed by atoms with Crippen LogP contribution in [-0.4, -0.2) is 11.8 Å². The highest BCUT2D eigenvalue weighted by atomic mass is 16.1. The van der Waals surface area contributed by atoms with Crippen molar-refractivity contribution < 1.29 is 4.79 Å². The van der Waals surface area contributed by atoms with Crippen LogP contribution >= 0.6 is 0 Å². The molecule has 1 fully saturated rings. The van der Waals surface area contributed by atoms with Crippen LogP contribution in [0.4, 0.5) is 0 Å². The molecule has 0 heterocycles. The van der Waals surface area contributed by atoms with Crippen LogP contribution in [0.15, 0.2) is 24.3 Å². The zero-order valence-electron chi connectivity index (χ0n) is 11.2. The van der Waals surface area contributed by atoms with Crippen LogP contribution in [-0.2, 0) is 17.6 Å². The highest BCUT2D eigenvalue weighted by Gasteiger charge is 2.24. The maximum absolute atomic E-state index is 12.2. The second-order valence-electron chi connectivity index (χ2n) is 5.42. The number of aryl methyl sites for hydroxylation is 1. The second-order valence-corrected chi connectivity index (χ2v) is 5.42. The summed E-state index contributed by atoms with van der Waals surface area (Å²) in [7, 11) is 0. The molecule has 98 valence electrons. The molecule has 0 spiro atoms. The Morgan fingerprint density at radius 3 is 2.22 bits per heavy atom. The lowest BCUT2D eigenvalue weighted by Gasteiger charge is -2.24. The number of carbonyl (C=O) groups excluding carboxylic acids is 1. The molecule has 0 saturated heterocycles. The van der Waals surface area contributed by atoms with Crippen molar-refractivity contribution in [3.8, 4) is 0 Å². The lowest BCUT2D eigenvalue weighted by atomic mass is 9.82. The van der Waals surface area contributed by atoms with Crippen LogP contribution in [0.3, 0.4) is 0 Å². The van der Waals surface area contributed by atoms with Gasteiger partial charge in [0.05, 0.1) is 0 Å². The van der Waals surface area contributed by atoms with Crippen molar-refractivity contribution in [3.63, 3.8) is 0 Å². The van der Waals surface area contributed by atoms with E-state index in [0.717, 1.165) is 37.7 Å². The first kappa shape index (κ1) is 13.3. The third kappa shape index (κ3) is 3.42. The van der Waals surface area contributed by atoms with Crippen molar-refractivity contribution in [2.45, 2.75) is 51.5 Å². The molecule has 1 aliphatic rings. The van der Waals surface area contributed by atoms with Gasteiger partial charge in [0, 0.05) is 18.4 Å². The van der Waals surface area contributed by atoms with E-state index in [2.05, 4.69) is 31.2 Å². The highest BCUT2D eigenvalue weighted by molar-refractivity contribution is 5.83. The van der Waals surface area contributed by atoms with Gasteiger partial charge in [-0.15, -0.1) is 0 Å². The van der Waals surface area contributed by atoms with E-state index >= 15 is 0 Å². The van der Waals surface area contributed by atoms with Crippen LogP contribution in [0, 0.1) is 5.92 Å². The van der Waals surface area contributed by atoms with Crippen molar-refractivity contribution >= 4 is 5.78 Å². The molecule has 1 aromatic rings. The van der Waals surface area contributed by atoms with Gasteiger partial charge in [0.2, 0.25) is 0 Å². The Morgan fingerprint density at radius 2 is 1.67 bits per heavy atom. The van der Waals surface area contributed by atoms with Gasteiger partial charge in [-0.1, -0.05) is 31.2 Å². The molecule has 18 heavy (non-hydrogen) atoms. The first-order chi connectivity index (χ1) is 8.69. The average molecular weight is 245 g/mol.